The van der Waals surface area contributed by atoms with Crippen molar-refractivity contribution in [3.8, 4) is 5.75 Å². The normalized spacial score (nSPS) is 24.1. The van der Waals surface area contributed by atoms with E-state index in [0.29, 0.717) is 6.10 Å². The van der Waals surface area contributed by atoms with Crippen LogP contribution in [0.4, 0.5) is 0 Å². The number of rotatable bonds is 6. The first kappa shape index (κ1) is 19.3. The van der Waals surface area contributed by atoms with Crippen LogP contribution >= 0.6 is 0 Å². The summed E-state index contributed by atoms with van der Waals surface area (Å²) in [6, 6.07) is 8.91. The maximum absolute atomic E-state index is 6.30. The molecule has 0 bridgehead atoms. The van der Waals surface area contributed by atoms with Crippen LogP contribution in [0.2, 0.25) is 0 Å². The van der Waals surface area contributed by atoms with Gasteiger partial charge in [0.25, 0.3) is 0 Å². The van der Waals surface area contributed by atoms with Crippen molar-refractivity contribution in [3.05, 3.63) is 29.8 Å². The van der Waals surface area contributed by atoms with E-state index in [0.717, 1.165) is 18.2 Å². The molecule has 3 aliphatic rings. The minimum Gasteiger partial charge on any atom is -0.490 e. The third kappa shape index (κ3) is 5.96. The smallest absolute Gasteiger partial charge is 0.119 e. The summed E-state index contributed by atoms with van der Waals surface area (Å²) in [6.07, 6.45) is 14.2. The number of nitrogens with zero attached hydrogens (tertiary/aromatic N) is 2. The van der Waals surface area contributed by atoms with Crippen LogP contribution in [0.1, 0.15) is 69.8 Å². The summed E-state index contributed by atoms with van der Waals surface area (Å²) in [5.74, 6) is 2.02. The number of likely N-dealkylation sites (tertiary alicyclic amines) is 2. The van der Waals surface area contributed by atoms with E-state index in [2.05, 4.69) is 34.1 Å². The lowest BCUT2D eigenvalue weighted by molar-refractivity contribution is 0.0863. The number of piperidine rings is 2. The van der Waals surface area contributed by atoms with Crippen LogP contribution in [-0.4, -0.2) is 48.6 Å². The van der Waals surface area contributed by atoms with Crippen molar-refractivity contribution in [2.24, 2.45) is 5.92 Å². The first-order chi connectivity index (χ1) is 13.3. The molecule has 0 N–H and O–H groups in total. The molecular formula is C24H38N2O. The molecule has 3 heteroatoms. The highest BCUT2D eigenvalue weighted by Crippen LogP contribution is 2.26. The van der Waals surface area contributed by atoms with Crippen LogP contribution in [-0.2, 0) is 6.54 Å². The first-order valence-electron chi connectivity index (χ1n) is 11.6. The molecule has 0 spiro atoms. The van der Waals surface area contributed by atoms with Crippen LogP contribution in [0.25, 0.3) is 0 Å². The molecule has 150 valence electrons. The lowest BCUT2D eigenvalue weighted by atomic mass is 9.88. The van der Waals surface area contributed by atoms with Gasteiger partial charge in [-0.15, -0.1) is 0 Å². The molecule has 0 aromatic heterocycles. The molecule has 1 aromatic carbocycles. The van der Waals surface area contributed by atoms with Gasteiger partial charge in [-0.1, -0.05) is 37.8 Å². The van der Waals surface area contributed by atoms with Gasteiger partial charge in [-0.2, -0.15) is 0 Å². The Labute approximate surface area is 166 Å². The van der Waals surface area contributed by atoms with Crippen LogP contribution in [0.15, 0.2) is 24.3 Å². The van der Waals surface area contributed by atoms with E-state index >= 15 is 0 Å². The highest BCUT2D eigenvalue weighted by molar-refractivity contribution is 5.27. The molecule has 3 fully saturated rings. The number of benzene rings is 1. The van der Waals surface area contributed by atoms with E-state index in [1.54, 1.807) is 0 Å². The Hall–Kier alpha value is -1.06. The molecule has 0 unspecified atom stereocenters. The molecule has 2 heterocycles. The maximum atomic E-state index is 6.30. The maximum Gasteiger partial charge on any atom is 0.119 e. The zero-order valence-electron chi connectivity index (χ0n) is 17.1. The minimum absolute atomic E-state index is 0.403. The first-order valence-corrected chi connectivity index (χ1v) is 11.6. The van der Waals surface area contributed by atoms with E-state index in [1.807, 2.05) is 0 Å². The predicted molar refractivity (Wildman–Crippen MR) is 112 cm³/mol. The van der Waals surface area contributed by atoms with Crippen molar-refractivity contribution in [3.63, 3.8) is 0 Å². The zero-order chi connectivity index (χ0) is 18.3. The Morgan fingerprint density at radius 1 is 0.704 bits per heavy atom. The van der Waals surface area contributed by atoms with E-state index in [9.17, 15) is 0 Å². The standard InChI is InChI=1S/C24H38N2O/c1-3-7-21(8-4-1)19-26-17-13-24(14-18-26)27-23-11-9-22(10-12-23)20-25-15-5-2-6-16-25/h9-12,21,24H,1-8,13-20H2. The molecule has 2 saturated heterocycles. The van der Waals surface area contributed by atoms with E-state index in [1.165, 1.54) is 102 Å². The average Bonchev–Trinajstić information content (AvgIpc) is 2.73. The third-order valence-electron chi connectivity index (χ3n) is 6.86. The fourth-order valence-corrected chi connectivity index (χ4v) is 5.19. The fourth-order valence-electron chi connectivity index (χ4n) is 5.19. The van der Waals surface area contributed by atoms with Gasteiger partial charge in [-0.05, 0) is 75.2 Å². The minimum atomic E-state index is 0.403. The fraction of sp³-hybridized carbons (Fsp3) is 0.750. The number of ether oxygens (including phenoxy) is 1. The largest absolute Gasteiger partial charge is 0.490 e. The summed E-state index contributed by atoms with van der Waals surface area (Å²) in [7, 11) is 0. The van der Waals surface area contributed by atoms with Gasteiger partial charge in [0.05, 0.1) is 0 Å². The molecule has 1 aliphatic carbocycles. The van der Waals surface area contributed by atoms with Crippen molar-refractivity contribution < 1.29 is 4.74 Å². The second-order valence-corrected chi connectivity index (χ2v) is 9.10. The van der Waals surface area contributed by atoms with Crippen LogP contribution in [0.3, 0.4) is 0 Å². The molecule has 1 aromatic rings. The zero-order valence-corrected chi connectivity index (χ0v) is 17.1. The highest BCUT2D eigenvalue weighted by atomic mass is 16.5. The topological polar surface area (TPSA) is 15.7 Å². The van der Waals surface area contributed by atoms with Gasteiger partial charge in [0, 0.05) is 26.2 Å². The molecule has 27 heavy (non-hydrogen) atoms. The summed E-state index contributed by atoms with van der Waals surface area (Å²) >= 11 is 0. The summed E-state index contributed by atoms with van der Waals surface area (Å²) < 4.78 is 6.30. The molecule has 3 nitrogen and oxygen atoms in total. The molecule has 1 saturated carbocycles. The monoisotopic (exact) mass is 370 g/mol. The van der Waals surface area contributed by atoms with Crippen molar-refractivity contribution >= 4 is 0 Å². The molecule has 0 radical (unpaired) electrons. The summed E-state index contributed by atoms with van der Waals surface area (Å²) in [6.45, 7) is 7.38. The van der Waals surface area contributed by atoms with Gasteiger partial charge in [0.15, 0.2) is 0 Å². The second kappa shape index (κ2) is 9.93. The van der Waals surface area contributed by atoms with Crippen LogP contribution < -0.4 is 4.74 Å². The third-order valence-corrected chi connectivity index (χ3v) is 6.86. The van der Waals surface area contributed by atoms with Crippen LogP contribution in [0.5, 0.6) is 5.75 Å². The number of hydrogen-bond donors (Lipinski definition) is 0. The van der Waals surface area contributed by atoms with Gasteiger partial charge in [0.1, 0.15) is 11.9 Å². The van der Waals surface area contributed by atoms with Crippen molar-refractivity contribution in [2.45, 2.75) is 76.9 Å². The Balaban J connectivity index is 1.18. The SMILES string of the molecule is c1cc(OC2CCN(CC3CCCCC3)CC2)ccc1CN1CCCCC1. The van der Waals surface area contributed by atoms with Crippen molar-refractivity contribution in [2.75, 3.05) is 32.7 Å². The van der Waals surface area contributed by atoms with Gasteiger partial charge in [-0.25, -0.2) is 0 Å². The van der Waals surface area contributed by atoms with Crippen molar-refractivity contribution in [1.82, 2.24) is 9.80 Å². The quantitative estimate of drug-likeness (QED) is 0.693. The van der Waals surface area contributed by atoms with Gasteiger partial charge < -0.3 is 9.64 Å². The van der Waals surface area contributed by atoms with Crippen molar-refractivity contribution in [1.29, 1.82) is 0 Å². The van der Waals surface area contributed by atoms with Crippen LogP contribution in [0, 0.1) is 5.92 Å². The second-order valence-electron chi connectivity index (χ2n) is 9.10. The average molecular weight is 371 g/mol. The molecule has 4 rings (SSSR count). The lowest BCUT2D eigenvalue weighted by Gasteiger charge is -2.35. The molecular weight excluding hydrogens is 332 g/mol. The Morgan fingerprint density at radius 3 is 2.07 bits per heavy atom. The van der Waals surface area contributed by atoms with E-state index < -0.39 is 0 Å². The molecule has 0 amide bonds. The van der Waals surface area contributed by atoms with Gasteiger partial charge in [0.2, 0.25) is 0 Å². The van der Waals surface area contributed by atoms with Gasteiger partial charge in [-0.3, -0.25) is 4.90 Å². The lowest BCUT2D eigenvalue weighted by Crippen LogP contribution is -2.40. The Bertz CT molecular complexity index is 538. The van der Waals surface area contributed by atoms with E-state index in [4.69, 9.17) is 4.74 Å². The molecule has 0 atom stereocenters. The highest BCUT2D eigenvalue weighted by Gasteiger charge is 2.23. The Morgan fingerprint density at radius 2 is 1.37 bits per heavy atom. The summed E-state index contributed by atoms with van der Waals surface area (Å²) in [5, 5.41) is 0. The number of hydrogen-bond acceptors (Lipinski definition) is 3. The van der Waals surface area contributed by atoms with Gasteiger partial charge >= 0.3 is 0 Å². The predicted octanol–water partition coefficient (Wildman–Crippen LogP) is 5.10. The summed E-state index contributed by atoms with van der Waals surface area (Å²) in [5.41, 5.74) is 1.42. The van der Waals surface area contributed by atoms with E-state index in [-0.39, 0.29) is 0 Å². The summed E-state index contributed by atoms with van der Waals surface area (Å²) in [4.78, 5) is 5.28. The molecule has 2 aliphatic heterocycles. The Kier molecular flexibility index (Phi) is 7.09.